The van der Waals surface area contributed by atoms with E-state index in [4.69, 9.17) is 0 Å². The second kappa shape index (κ2) is 10.2. The third-order valence-electron chi connectivity index (χ3n) is 2.40. The fourth-order valence-corrected chi connectivity index (χ4v) is 1.52. The maximum Gasteiger partial charge on any atom is 0.134 e. The van der Waals surface area contributed by atoms with Gasteiger partial charge in [-0.15, -0.1) is 0 Å². The van der Waals surface area contributed by atoms with E-state index < -0.39 is 0 Å². The first-order valence-corrected chi connectivity index (χ1v) is 7.07. The molecule has 19 heavy (non-hydrogen) atoms. The molecule has 2 nitrogen and oxygen atoms in total. The van der Waals surface area contributed by atoms with Crippen LogP contribution in [0.3, 0.4) is 0 Å². The molecule has 0 radical (unpaired) electrons. The van der Waals surface area contributed by atoms with Crippen LogP contribution in [-0.2, 0) is 6.42 Å². The van der Waals surface area contributed by atoms with Crippen molar-refractivity contribution in [3.05, 3.63) is 41.0 Å². The second-order valence-corrected chi connectivity index (χ2v) is 3.90. The van der Waals surface area contributed by atoms with Gasteiger partial charge in [-0.1, -0.05) is 44.9 Å². The normalized spacial score (nSPS) is 10.7. The van der Waals surface area contributed by atoms with Crippen LogP contribution < -0.4 is 0 Å². The van der Waals surface area contributed by atoms with Crippen LogP contribution in [-0.4, -0.2) is 9.97 Å². The molecule has 0 aliphatic rings. The maximum atomic E-state index is 4.49. The van der Waals surface area contributed by atoms with E-state index in [0.29, 0.717) is 0 Å². The van der Waals surface area contributed by atoms with Crippen LogP contribution in [0.25, 0.3) is 0 Å². The van der Waals surface area contributed by atoms with Crippen molar-refractivity contribution in [2.75, 3.05) is 0 Å². The minimum Gasteiger partial charge on any atom is -0.345 e. The molecule has 0 saturated heterocycles. The van der Waals surface area contributed by atoms with Crippen molar-refractivity contribution in [1.82, 2.24) is 9.97 Å². The Kier molecular flexibility index (Phi) is 9.26. The van der Waals surface area contributed by atoms with Gasteiger partial charge in [-0.3, -0.25) is 0 Å². The molecule has 1 heterocycles. The van der Waals surface area contributed by atoms with Crippen LogP contribution in [0.15, 0.2) is 23.8 Å². The van der Waals surface area contributed by atoms with Gasteiger partial charge in [0.15, 0.2) is 0 Å². The number of hydrogen-bond acceptors (Lipinski definition) is 1. The van der Waals surface area contributed by atoms with Gasteiger partial charge in [0.2, 0.25) is 0 Å². The smallest absolute Gasteiger partial charge is 0.134 e. The van der Waals surface area contributed by atoms with Crippen LogP contribution in [0.1, 0.15) is 58.3 Å². The zero-order chi connectivity index (χ0) is 14.7. The van der Waals surface area contributed by atoms with Crippen LogP contribution >= 0.6 is 0 Å². The summed E-state index contributed by atoms with van der Waals surface area (Å²) in [5.74, 6) is 7.27. The number of aromatic amines is 1. The Labute approximate surface area is 118 Å². The molecule has 1 N–H and O–H groups in total. The number of hydrogen-bond donors (Lipinski definition) is 1. The van der Waals surface area contributed by atoms with E-state index in [1.807, 2.05) is 52.8 Å². The minimum absolute atomic E-state index is 0.859. The second-order valence-electron chi connectivity index (χ2n) is 3.90. The van der Waals surface area contributed by atoms with Gasteiger partial charge in [0.05, 0.1) is 0 Å². The van der Waals surface area contributed by atoms with Gasteiger partial charge in [0.25, 0.3) is 0 Å². The van der Waals surface area contributed by atoms with Crippen molar-refractivity contribution in [1.29, 1.82) is 0 Å². The summed E-state index contributed by atoms with van der Waals surface area (Å²) in [7, 11) is 0. The fourth-order valence-electron chi connectivity index (χ4n) is 1.52. The van der Waals surface area contributed by atoms with Crippen molar-refractivity contribution >= 4 is 0 Å². The summed E-state index contributed by atoms with van der Waals surface area (Å²) in [5, 5.41) is 0. The quantitative estimate of drug-likeness (QED) is 0.624. The molecule has 1 rings (SSSR count). The van der Waals surface area contributed by atoms with Gasteiger partial charge in [-0.05, 0) is 33.1 Å². The Morgan fingerprint density at radius 2 is 2.00 bits per heavy atom. The summed E-state index contributed by atoms with van der Waals surface area (Å²) in [6.45, 7) is 12.1. The summed E-state index contributed by atoms with van der Waals surface area (Å²) >= 11 is 0. The molecule has 0 unspecified atom stereocenters. The van der Waals surface area contributed by atoms with E-state index in [9.17, 15) is 0 Å². The molecule has 0 spiro atoms. The van der Waals surface area contributed by atoms with E-state index >= 15 is 0 Å². The maximum absolute atomic E-state index is 4.49. The van der Waals surface area contributed by atoms with Gasteiger partial charge >= 0.3 is 0 Å². The van der Waals surface area contributed by atoms with Crippen LogP contribution in [0.4, 0.5) is 0 Å². The number of allylic oxidation sites excluding steroid dienone is 4. The molecule has 0 fully saturated rings. The average molecular weight is 258 g/mol. The number of nitrogens with zero attached hydrogens (tertiary/aromatic N) is 1. The lowest BCUT2D eigenvalue weighted by Gasteiger charge is -1.87. The minimum atomic E-state index is 0.859. The highest BCUT2D eigenvalue weighted by molar-refractivity contribution is 5.44. The molecule has 0 atom stereocenters. The highest BCUT2D eigenvalue weighted by Crippen LogP contribution is 2.06. The van der Waals surface area contributed by atoms with Crippen LogP contribution in [0.2, 0.25) is 0 Å². The van der Waals surface area contributed by atoms with Crippen molar-refractivity contribution in [2.45, 2.75) is 54.4 Å². The monoisotopic (exact) mass is 258 g/mol. The van der Waals surface area contributed by atoms with Gasteiger partial charge in [-0.25, -0.2) is 4.98 Å². The first kappa shape index (κ1) is 17.2. The molecule has 0 amide bonds. The molecular formula is C17H26N2. The number of nitrogens with one attached hydrogen (secondary N) is 1. The molecule has 1 aromatic rings. The topological polar surface area (TPSA) is 28.7 Å². The van der Waals surface area contributed by atoms with E-state index in [-0.39, 0.29) is 0 Å². The third kappa shape index (κ3) is 6.10. The standard InChI is InChI=1S/C15H20N2.C2H6/c1-5-8-13(7-3)10-11-14-12(4)16-15(17-14)9-6-2;1-2/h5,7-8H,6,9H2,1-4H3,(H,16,17);1-2H3/b8-5-,13-7+;. The van der Waals surface area contributed by atoms with E-state index in [1.54, 1.807) is 0 Å². The largest absolute Gasteiger partial charge is 0.345 e. The molecule has 0 aromatic carbocycles. The highest BCUT2D eigenvalue weighted by Gasteiger charge is 2.02. The lowest BCUT2D eigenvalue weighted by Crippen LogP contribution is -1.85. The first-order valence-electron chi connectivity index (χ1n) is 7.07. The molecule has 0 bridgehead atoms. The average Bonchev–Trinajstić information content (AvgIpc) is 2.77. The fraction of sp³-hybridized carbons (Fsp3) is 0.471. The summed E-state index contributed by atoms with van der Waals surface area (Å²) in [6.07, 6.45) is 8.07. The Hall–Kier alpha value is -1.75. The molecule has 0 aliphatic heterocycles. The third-order valence-corrected chi connectivity index (χ3v) is 2.40. The predicted octanol–water partition coefficient (Wildman–Crippen LogP) is 4.57. The summed E-state index contributed by atoms with van der Waals surface area (Å²) in [5.41, 5.74) is 2.93. The lowest BCUT2D eigenvalue weighted by atomic mass is 10.2. The van der Waals surface area contributed by atoms with Crippen molar-refractivity contribution in [3.63, 3.8) is 0 Å². The molecule has 104 valence electrons. The van der Waals surface area contributed by atoms with E-state index in [0.717, 1.165) is 35.6 Å². The number of rotatable bonds is 3. The van der Waals surface area contributed by atoms with Gasteiger partial charge in [0, 0.05) is 17.7 Å². The molecular weight excluding hydrogens is 232 g/mol. The molecule has 0 aliphatic carbocycles. The van der Waals surface area contributed by atoms with Crippen LogP contribution in [0.5, 0.6) is 0 Å². The predicted molar refractivity (Wildman–Crippen MR) is 84.1 cm³/mol. The number of aryl methyl sites for hydroxylation is 2. The summed E-state index contributed by atoms with van der Waals surface area (Å²) in [6, 6.07) is 0. The Morgan fingerprint density at radius 1 is 1.32 bits per heavy atom. The SMILES string of the molecule is C/C=C\C(C#Cc1nc(CCC)[nH]c1C)=C/C.CC. The zero-order valence-electron chi connectivity index (χ0n) is 13.1. The van der Waals surface area contributed by atoms with E-state index in [1.165, 1.54) is 0 Å². The lowest BCUT2D eigenvalue weighted by molar-refractivity contribution is 0.853. The number of aromatic nitrogens is 2. The van der Waals surface area contributed by atoms with E-state index in [2.05, 4.69) is 28.7 Å². The Balaban J connectivity index is 0.00000154. The zero-order valence-corrected chi connectivity index (χ0v) is 13.1. The van der Waals surface area contributed by atoms with Crippen LogP contribution in [0, 0.1) is 18.8 Å². The van der Waals surface area contributed by atoms with Crippen molar-refractivity contribution < 1.29 is 0 Å². The molecule has 0 saturated carbocycles. The van der Waals surface area contributed by atoms with Gasteiger partial charge < -0.3 is 4.98 Å². The Morgan fingerprint density at radius 3 is 2.53 bits per heavy atom. The van der Waals surface area contributed by atoms with Gasteiger partial charge in [-0.2, -0.15) is 0 Å². The summed E-state index contributed by atoms with van der Waals surface area (Å²) in [4.78, 5) is 7.75. The molecule has 2 heteroatoms. The number of H-pyrrole nitrogens is 1. The Bertz CT molecular complexity index is 479. The molecule has 1 aromatic heterocycles. The van der Waals surface area contributed by atoms with Crippen molar-refractivity contribution in [3.8, 4) is 11.8 Å². The van der Waals surface area contributed by atoms with Gasteiger partial charge in [0.1, 0.15) is 11.5 Å². The number of imidazole rings is 1. The summed E-state index contributed by atoms with van der Waals surface area (Å²) < 4.78 is 0. The highest BCUT2D eigenvalue weighted by atomic mass is 14.9. The van der Waals surface area contributed by atoms with Crippen molar-refractivity contribution in [2.24, 2.45) is 0 Å². The first-order chi connectivity index (χ1) is 9.21.